The standard InChI is InChI=1S/C18H16FNO/c19-17-11-15(18(12-20)8-9-18)5-6-16(17)14-3-1-13(2-4-14)7-10-21/h1-6,11,21H,7-10H2. The second-order valence-corrected chi connectivity index (χ2v) is 5.56. The van der Waals surface area contributed by atoms with E-state index >= 15 is 0 Å². The summed E-state index contributed by atoms with van der Waals surface area (Å²) in [6.45, 7) is 0.110. The van der Waals surface area contributed by atoms with Crippen LogP contribution in [0, 0.1) is 17.1 Å². The Balaban J connectivity index is 1.91. The topological polar surface area (TPSA) is 44.0 Å². The minimum atomic E-state index is -0.454. The highest BCUT2D eigenvalue weighted by Crippen LogP contribution is 2.48. The summed E-state index contributed by atoms with van der Waals surface area (Å²) >= 11 is 0. The summed E-state index contributed by atoms with van der Waals surface area (Å²) in [6, 6.07) is 14.9. The van der Waals surface area contributed by atoms with Crippen LogP contribution in [0.2, 0.25) is 0 Å². The van der Waals surface area contributed by atoms with Gasteiger partial charge in [0.2, 0.25) is 0 Å². The van der Waals surface area contributed by atoms with E-state index in [1.165, 1.54) is 6.07 Å². The first kappa shape index (κ1) is 13.8. The molecule has 0 radical (unpaired) electrons. The van der Waals surface area contributed by atoms with Crippen LogP contribution in [-0.4, -0.2) is 11.7 Å². The molecule has 1 fully saturated rings. The molecule has 0 unspecified atom stereocenters. The van der Waals surface area contributed by atoms with Gasteiger partial charge in [0.15, 0.2) is 0 Å². The lowest BCUT2D eigenvalue weighted by molar-refractivity contribution is 0.299. The Hall–Kier alpha value is -2.18. The van der Waals surface area contributed by atoms with Crippen molar-refractivity contribution in [3.05, 3.63) is 59.4 Å². The Morgan fingerprint density at radius 3 is 2.38 bits per heavy atom. The van der Waals surface area contributed by atoms with Gasteiger partial charge in [0.05, 0.1) is 11.5 Å². The van der Waals surface area contributed by atoms with E-state index in [-0.39, 0.29) is 12.4 Å². The fourth-order valence-electron chi connectivity index (χ4n) is 2.62. The number of benzene rings is 2. The molecule has 0 bridgehead atoms. The van der Waals surface area contributed by atoms with Crippen LogP contribution in [0.15, 0.2) is 42.5 Å². The molecule has 1 saturated carbocycles. The lowest BCUT2D eigenvalue weighted by Gasteiger charge is -2.10. The second-order valence-electron chi connectivity index (χ2n) is 5.56. The van der Waals surface area contributed by atoms with Crippen LogP contribution in [0.5, 0.6) is 0 Å². The summed E-state index contributed by atoms with van der Waals surface area (Å²) in [5.74, 6) is -0.288. The third-order valence-electron chi connectivity index (χ3n) is 4.15. The van der Waals surface area contributed by atoms with E-state index in [1.807, 2.05) is 30.3 Å². The van der Waals surface area contributed by atoms with Gasteiger partial charge in [0.1, 0.15) is 5.82 Å². The number of halogens is 1. The van der Waals surface area contributed by atoms with E-state index in [2.05, 4.69) is 6.07 Å². The molecule has 21 heavy (non-hydrogen) atoms. The Morgan fingerprint density at radius 1 is 1.14 bits per heavy atom. The van der Waals surface area contributed by atoms with Crippen LogP contribution < -0.4 is 0 Å². The van der Waals surface area contributed by atoms with Gasteiger partial charge in [0.25, 0.3) is 0 Å². The lowest BCUT2D eigenvalue weighted by atomic mass is 9.94. The first-order chi connectivity index (χ1) is 10.2. The smallest absolute Gasteiger partial charge is 0.131 e. The maximum Gasteiger partial charge on any atom is 0.131 e. The molecule has 0 atom stereocenters. The van der Waals surface area contributed by atoms with Crippen LogP contribution in [0.4, 0.5) is 4.39 Å². The molecule has 0 aliphatic heterocycles. The summed E-state index contributed by atoms with van der Waals surface area (Å²) in [6.07, 6.45) is 2.24. The minimum Gasteiger partial charge on any atom is -0.396 e. The average Bonchev–Trinajstić information content (AvgIpc) is 3.30. The van der Waals surface area contributed by atoms with E-state index in [4.69, 9.17) is 5.11 Å². The Kier molecular flexibility index (Phi) is 3.48. The zero-order valence-corrected chi connectivity index (χ0v) is 11.6. The molecule has 1 aliphatic rings. The van der Waals surface area contributed by atoms with Crippen molar-refractivity contribution in [2.75, 3.05) is 6.61 Å². The summed E-state index contributed by atoms with van der Waals surface area (Å²) in [4.78, 5) is 0. The monoisotopic (exact) mass is 281 g/mol. The van der Waals surface area contributed by atoms with E-state index in [0.717, 1.165) is 29.5 Å². The van der Waals surface area contributed by atoms with E-state index in [9.17, 15) is 9.65 Å². The molecule has 106 valence electrons. The third-order valence-corrected chi connectivity index (χ3v) is 4.15. The number of aliphatic hydroxyl groups is 1. The molecule has 2 aromatic rings. The van der Waals surface area contributed by atoms with Crippen molar-refractivity contribution < 1.29 is 9.50 Å². The molecule has 0 saturated heterocycles. The van der Waals surface area contributed by atoms with Gasteiger partial charge in [-0.3, -0.25) is 0 Å². The summed E-state index contributed by atoms with van der Waals surface area (Å²) in [5, 5.41) is 18.1. The van der Waals surface area contributed by atoms with Crippen LogP contribution in [-0.2, 0) is 11.8 Å². The van der Waals surface area contributed by atoms with Gasteiger partial charge in [-0.25, -0.2) is 4.39 Å². The van der Waals surface area contributed by atoms with Crippen molar-refractivity contribution in [2.24, 2.45) is 0 Å². The summed E-state index contributed by atoms with van der Waals surface area (Å²) in [7, 11) is 0. The molecule has 3 heteroatoms. The zero-order valence-electron chi connectivity index (χ0n) is 11.6. The molecule has 0 spiro atoms. The molecular weight excluding hydrogens is 265 g/mol. The number of hydrogen-bond donors (Lipinski definition) is 1. The number of aliphatic hydroxyl groups excluding tert-OH is 1. The molecule has 2 nitrogen and oxygen atoms in total. The van der Waals surface area contributed by atoms with Gasteiger partial charge in [-0.15, -0.1) is 0 Å². The molecular formula is C18H16FNO. The zero-order chi connectivity index (χ0) is 14.9. The highest BCUT2D eigenvalue weighted by atomic mass is 19.1. The van der Waals surface area contributed by atoms with Crippen molar-refractivity contribution in [1.29, 1.82) is 5.26 Å². The van der Waals surface area contributed by atoms with Gasteiger partial charge < -0.3 is 5.11 Å². The molecule has 0 amide bonds. The van der Waals surface area contributed by atoms with Crippen molar-refractivity contribution in [2.45, 2.75) is 24.7 Å². The number of rotatable bonds is 4. The highest BCUT2D eigenvalue weighted by molar-refractivity contribution is 5.65. The Labute approximate surface area is 123 Å². The van der Waals surface area contributed by atoms with Gasteiger partial charge in [-0.2, -0.15) is 5.26 Å². The highest BCUT2D eigenvalue weighted by Gasteiger charge is 2.45. The first-order valence-electron chi connectivity index (χ1n) is 7.10. The molecule has 1 aliphatic carbocycles. The normalized spacial score (nSPS) is 15.5. The fraction of sp³-hybridized carbons (Fsp3) is 0.278. The molecule has 1 N–H and O–H groups in total. The van der Waals surface area contributed by atoms with Crippen LogP contribution in [0.3, 0.4) is 0 Å². The number of nitrogens with zero attached hydrogens (tertiary/aromatic N) is 1. The molecule has 2 aromatic carbocycles. The van der Waals surface area contributed by atoms with E-state index < -0.39 is 5.41 Å². The van der Waals surface area contributed by atoms with Gasteiger partial charge >= 0.3 is 0 Å². The van der Waals surface area contributed by atoms with Gasteiger partial charge in [0, 0.05) is 12.2 Å². The van der Waals surface area contributed by atoms with Crippen LogP contribution in [0.25, 0.3) is 11.1 Å². The first-order valence-corrected chi connectivity index (χ1v) is 7.10. The van der Waals surface area contributed by atoms with Crippen molar-refractivity contribution in [3.63, 3.8) is 0 Å². The Bertz CT molecular complexity index is 696. The largest absolute Gasteiger partial charge is 0.396 e. The molecule has 0 heterocycles. The van der Waals surface area contributed by atoms with E-state index in [1.54, 1.807) is 6.07 Å². The van der Waals surface area contributed by atoms with Crippen molar-refractivity contribution in [3.8, 4) is 17.2 Å². The number of hydrogen-bond acceptors (Lipinski definition) is 2. The average molecular weight is 281 g/mol. The lowest BCUT2D eigenvalue weighted by Crippen LogP contribution is -2.03. The fourth-order valence-corrected chi connectivity index (χ4v) is 2.62. The summed E-state index contributed by atoms with van der Waals surface area (Å²) < 4.78 is 14.3. The maximum absolute atomic E-state index is 14.3. The summed E-state index contributed by atoms with van der Waals surface area (Å²) in [5.41, 5.74) is 2.71. The van der Waals surface area contributed by atoms with Crippen molar-refractivity contribution in [1.82, 2.24) is 0 Å². The SMILES string of the molecule is N#CC1(c2ccc(-c3ccc(CCO)cc3)c(F)c2)CC1. The second kappa shape index (κ2) is 5.31. The number of nitriles is 1. The van der Waals surface area contributed by atoms with Gasteiger partial charge in [-0.1, -0.05) is 36.4 Å². The predicted molar refractivity (Wildman–Crippen MR) is 79.2 cm³/mol. The van der Waals surface area contributed by atoms with Gasteiger partial charge in [-0.05, 0) is 42.0 Å². The Morgan fingerprint density at radius 2 is 1.86 bits per heavy atom. The predicted octanol–water partition coefficient (Wildman–Crippen LogP) is 3.58. The van der Waals surface area contributed by atoms with Crippen LogP contribution >= 0.6 is 0 Å². The van der Waals surface area contributed by atoms with E-state index in [0.29, 0.717) is 12.0 Å². The quantitative estimate of drug-likeness (QED) is 0.930. The molecule has 3 rings (SSSR count). The van der Waals surface area contributed by atoms with Crippen LogP contribution in [0.1, 0.15) is 24.0 Å². The van der Waals surface area contributed by atoms with Crippen molar-refractivity contribution >= 4 is 0 Å². The maximum atomic E-state index is 14.3. The third kappa shape index (κ3) is 2.55. The molecule has 0 aromatic heterocycles. The minimum absolute atomic E-state index is 0.110.